The third-order valence-electron chi connectivity index (χ3n) is 4.87. The number of sulfonamides is 1. The molecular weight excluding hydrogens is 458 g/mol. The van der Waals surface area contributed by atoms with Gasteiger partial charge in [-0.15, -0.1) is 11.8 Å². The third kappa shape index (κ3) is 6.80. The van der Waals surface area contributed by atoms with E-state index in [4.69, 9.17) is 16.3 Å². The van der Waals surface area contributed by atoms with Crippen LogP contribution < -0.4 is 0 Å². The number of carbonyl (C=O) groups excluding carboxylic acids is 2. The second-order valence-electron chi connectivity index (χ2n) is 7.20. The number of halogens is 1. The highest BCUT2D eigenvalue weighted by atomic mass is 35.5. The number of Topliss-reactive ketones (excluding diaryl/α,β-unsaturated/α-hetero) is 1. The average Bonchev–Trinajstić information content (AvgIpc) is 2.78. The maximum atomic E-state index is 12.7. The maximum Gasteiger partial charge on any atom is 0.316 e. The molecule has 1 fully saturated rings. The molecule has 2 aromatic carbocycles. The Morgan fingerprint density at radius 1 is 1.03 bits per heavy atom. The van der Waals surface area contributed by atoms with Gasteiger partial charge in [0.1, 0.15) is 0 Å². The van der Waals surface area contributed by atoms with Gasteiger partial charge in [0.2, 0.25) is 10.0 Å². The van der Waals surface area contributed by atoms with E-state index in [0.717, 1.165) is 24.8 Å². The molecule has 6 nitrogen and oxygen atoms in total. The van der Waals surface area contributed by atoms with Gasteiger partial charge >= 0.3 is 5.97 Å². The largest absolute Gasteiger partial charge is 0.457 e. The molecule has 2 aromatic rings. The van der Waals surface area contributed by atoms with Crippen molar-refractivity contribution in [1.29, 1.82) is 0 Å². The summed E-state index contributed by atoms with van der Waals surface area (Å²) in [6.45, 7) is 0.664. The van der Waals surface area contributed by atoms with E-state index in [1.807, 2.05) is 18.2 Å². The molecule has 31 heavy (non-hydrogen) atoms. The molecule has 3 rings (SSSR count). The molecule has 0 radical (unpaired) electrons. The van der Waals surface area contributed by atoms with Gasteiger partial charge in [0.05, 0.1) is 10.6 Å². The molecule has 0 aromatic heterocycles. The highest BCUT2D eigenvalue weighted by Gasteiger charge is 2.26. The molecule has 1 aliphatic rings. The van der Waals surface area contributed by atoms with Crippen LogP contribution in [0.3, 0.4) is 0 Å². The van der Waals surface area contributed by atoms with Crippen LogP contribution in [-0.4, -0.2) is 49.9 Å². The van der Waals surface area contributed by atoms with Crippen molar-refractivity contribution in [1.82, 2.24) is 4.31 Å². The van der Waals surface area contributed by atoms with Gasteiger partial charge in [-0.05, 0) is 54.8 Å². The van der Waals surface area contributed by atoms with Crippen molar-refractivity contribution in [2.75, 3.05) is 25.4 Å². The van der Waals surface area contributed by atoms with Gasteiger partial charge in [0.15, 0.2) is 12.4 Å². The minimum atomic E-state index is -3.54. The van der Waals surface area contributed by atoms with E-state index in [1.54, 1.807) is 6.07 Å². The van der Waals surface area contributed by atoms with Crippen molar-refractivity contribution < 1.29 is 22.7 Å². The molecule has 1 aliphatic heterocycles. The summed E-state index contributed by atoms with van der Waals surface area (Å²) in [6, 6.07) is 13.2. The van der Waals surface area contributed by atoms with Gasteiger partial charge < -0.3 is 4.74 Å². The molecule has 0 N–H and O–H groups in total. The van der Waals surface area contributed by atoms with Crippen LogP contribution in [0.1, 0.15) is 35.2 Å². The molecule has 0 aliphatic carbocycles. The molecular formula is C22H24ClNO5S2. The van der Waals surface area contributed by atoms with E-state index < -0.39 is 16.0 Å². The second kappa shape index (κ2) is 11.1. The van der Waals surface area contributed by atoms with Crippen LogP contribution in [0.25, 0.3) is 0 Å². The first-order valence-corrected chi connectivity index (χ1v) is 12.9. The Morgan fingerprint density at radius 2 is 1.74 bits per heavy atom. The first kappa shape index (κ1) is 23.8. The molecule has 0 atom stereocenters. The van der Waals surface area contributed by atoms with Crippen LogP contribution in [0.15, 0.2) is 53.4 Å². The minimum Gasteiger partial charge on any atom is -0.457 e. The van der Waals surface area contributed by atoms with E-state index in [9.17, 15) is 18.0 Å². The zero-order valence-corrected chi connectivity index (χ0v) is 19.3. The number of hydrogen-bond donors (Lipinski definition) is 0. The topological polar surface area (TPSA) is 80.8 Å². The molecule has 9 heteroatoms. The lowest BCUT2D eigenvalue weighted by Gasteiger charge is -2.25. The SMILES string of the molecule is O=C(CSCc1cccc(Cl)c1)OCC(=O)c1ccc(S(=O)(=O)N2CCCCC2)cc1. The molecule has 1 saturated heterocycles. The monoisotopic (exact) mass is 481 g/mol. The number of rotatable bonds is 9. The number of nitrogens with zero attached hydrogens (tertiary/aromatic N) is 1. The lowest BCUT2D eigenvalue weighted by atomic mass is 10.1. The fraction of sp³-hybridized carbons (Fsp3) is 0.364. The predicted molar refractivity (Wildman–Crippen MR) is 122 cm³/mol. The lowest BCUT2D eigenvalue weighted by Crippen LogP contribution is -2.35. The minimum absolute atomic E-state index is 0.118. The molecule has 0 spiro atoms. The number of ketones is 1. The summed E-state index contributed by atoms with van der Waals surface area (Å²) < 4.78 is 31.9. The van der Waals surface area contributed by atoms with Crippen LogP contribution in [-0.2, 0) is 25.3 Å². The van der Waals surface area contributed by atoms with Crippen molar-refractivity contribution in [3.8, 4) is 0 Å². The number of esters is 1. The van der Waals surface area contributed by atoms with E-state index in [0.29, 0.717) is 29.4 Å². The Hall–Kier alpha value is -1.87. The second-order valence-corrected chi connectivity index (χ2v) is 10.6. The fourth-order valence-electron chi connectivity index (χ4n) is 3.22. The molecule has 0 amide bonds. The third-order valence-corrected chi connectivity index (χ3v) is 8.00. The summed E-state index contributed by atoms with van der Waals surface area (Å²) >= 11 is 7.30. The van der Waals surface area contributed by atoms with Crippen LogP contribution >= 0.6 is 23.4 Å². The zero-order chi connectivity index (χ0) is 22.3. The van der Waals surface area contributed by atoms with E-state index in [-0.39, 0.29) is 23.0 Å². The Morgan fingerprint density at radius 3 is 2.42 bits per heavy atom. The van der Waals surface area contributed by atoms with Gasteiger partial charge in [-0.1, -0.05) is 30.2 Å². The van der Waals surface area contributed by atoms with E-state index in [1.165, 1.54) is 40.3 Å². The Labute approximate surface area is 192 Å². The van der Waals surface area contributed by atoms with Crippen molar-refractivity contribution in [3.05, 3.63) is 64.7 Å². The summed E-state index contributed by atoms with van der Waals surface area (Å²) in [5.74, 6) is -0.136. The number of thioether (sulfide) groups is 1. The fourth-order valence-corrected chi connectivity index (χ4v) is 5.71. The molecule has 0 unspecified atom stereocenters. The van der Waals surface area contributed by atoms with Crippen LogP contribution in [0, 0.1) is 0 Å². The number of carbonyl (C=O) groups is 2. The number of hydrogen-bond acceptors (Lipinski definition) is 6. The standard InChI is InChI=1S/C22H24ClNO5S2/c23-19-6-4-5-17(13-19)15-30-16-22(26)29-14-21(25)18-7-9-20(10-8-18)31(27,28)24-11-2-1-3-12-24/h4-10,13H,1-3,11-12,14-16H2. The summed E-state index contributed by atoms with van der Waals surface area (Å²) in [4.78, 5) is 24.3. The maximum absolute atomic E-state index is 12.7. The quantitative estimate of drug-likeness (QED) is 0.395. The summed E-state index contributed by atoms with van der Waals surface area (Å²) in [5, 5.41) is 0.640. The number of piperidine rings is 1. The first-order valence-electron chi connectivity index (χ1n) is 9.97. The number of ether oxygens (including phenoxy) is 1. The van der Waals surface area contributed by atoms with Crippen LogP contribution in [0.5, 0.6) is 0 Å². The average molecular weight is 482 g/mol. The molecule has 0 saturated carbocycles. The highest BCUT2D eigenvalue weighted by molar-refractivity contribution is 7.99. The Kier molecular flexibility index (Phi) is 8.54. The summed E-state index contributed by atoms with van der Waals surface area (Å²) in [6.07, 6.45) is 2.76. The first-order chi connectivity index (χ1) is 14.9. The highest BCUT2D eigenvalue weighted by Crippen LogP contribution is 2.21. The molecule has 1 heterocycles. The van der Waals surface area contributed by atoms with Crippen molar-refractivity contribution in [2.45, 2.75) is 29.9 Å². The zero-order valence-electron chi connectivity index (χ0n) is 17.0. The van der Waals surface area contributed by atoms with Crippen molar-refractivity contribution in [3.63, 3.8) is 0 Å². The van der Waals surface area contributed by atoms with Gasteiger partial charge in [0.25, 0.3) is 0 Å². The number of benzene rings is 2. The van der Waals surface area contributed by atoms with Crippen LogP contribution in [0.2, 0.25) is 5.02 Å². The van der Waals surface area contributed by atoms with Crippen molar-refractivity contribution >= 4 is 45.1 Å². The van der Waals surface area contributed by atoms with Gasteiger partial charge in [0, 0.05) is 29.4 Å². The van der Waals surface area contributed by atoms with Crippen LogP contribution in [0.4, 0.5) is 0 Å². The van der Waals surface area contributed by atoms with E-state index in [2.05, 4.69) is 0 Å². The summed E-state index contributed by atoms with van der Waals surface area (Å²) in [5.41, 5.74) is 1.30. The predicted octanol–water partition coefficient (Wildman–Crippen LogP) is 4.17. The summed E-state index contributed by atoms with van der Waals surface area (Å²) in [7, 11) is -3.54. The van der Waals surface area contributed by atoms with E-state index >= 15 is 0 Å². The lowest BCUT2D eigenvalue weighted by molar-refractivity contribution is -0.139. The Balaban J connectivity index is 1.46. The normalized spacial score (nSPS) is 14.9. The molecule has 0 bridgehead atoms. The smallest absolute Gasteiger partial charge is 0.316 e. The van der Waals surface area contributed by atoms with Gasteiger partial charge in [-0.3, -0.25) is 9.59 Å². The van der Waals surface area contributed by atoms with Crippen molar-refractivity contribution in [2.24, 2.45) is 0 Å². The molecule has 166 valence electrons. The van der Waals surface area contributed by atoms with Gasteiger partial charge in [-0.25, -0.2) is 8.42 Å². The Bertz CT molecular complexity index is 1020. The van der Waals surface area contributed by atoms with Gasteiger partial charge in [-0.2, -0.15) is 4.31 Å².